The van der Waals surface area contributed by atoms with Crippen molar-refractivity contribution in [1.82, 2.24) is 0 Å². The van der Waals surface area contributed by atoms with Crippen LogP contribution in [0.5, 0.6) is 0 Å². The van der Waals surface area contributed by atoms with E-state index in [0.29, 0.717) is 31.3 Å². The number of ether oxygens (including phenoxy) is 2. The summed E-state index contributed by atoms with van der Waals surface area (Å²) < 4.78 is 11.8. The molecule has 4 aliphatic carbocycles. The van der Waals surface area contributed by atoms with Gasteiger partial charge in [0.15, 0.2) is 6.10 Å². The van der Waals surface area contributed by atoms with Crippen molar-refractivity contribution in [3.8, 4) is 0 Å². The number of carbonyl (C=O) groups excluding carboxylic acids is 1. The first-order valence-electron chi connectivity index (χ1n) is 10.7. The molecule has 29 heavy (non-hydrogen) atoms. The van der Waals surface area contributed by atoms with E-state index in [-0.39, 0.29) is 17.9 Å². The Balaban J connectivity index is 1.80. The fourth-order valence-electron chi connectivity index (χ4n) is 8.41. The summed E-state index contributed by atoms with van der Waals surface area (Å²) in [4.78, 5) is 12.1. The predicted octanol–water partition coefficient (Wildman–Crippen LogP) is 0.738. The van der Waals surface area contributed by atoms with E-state index in [4.69, 9.17) is 9.47 Å². The number of carbonyl (C=O) groups is 1. The second-order valence-electron chi connectivity index (χ2n) is 10.8. The van der Waals surface area contributed by atoms with Gasteiger partial charge in [-0.05, 0) is 42.6 Å². The van der Waals surface area contributed by atoms with Gasteiger partial charge in [0.2, 0.25) is 5.79 Å². The predicted molar refractivity (Wildman–Crippen MR) is 101 cm³/mol. The monoisotopic (exact) mass is 408 g/mol. The van der Waals surface area contributed by atoms with Gasteiger partial charge in [-0.25, -0.2) is 0 Å². The summed E-state index contributed by atoms with van der Waals surface area (Å²) in [5, 5.41) is 46.1. The lowest BCUT2D eigenvalue weighted by atomic mass is 9.35. The molecule has 6 aliphatic rings. The molecule has 0 aromatic carbocycles. The molecule has 7 nitrogen and oxygen atoms in total. The first kappa shape index (κ1) is 19.9. The summed E-state index contributed by atoms with van der Waals surface area (Å²) in [6.07, 6.45) is -1.70. The fraction of sp³-hybridized carbons (Fsp3) is 0.864. The third-order valence-electron chi connectivity index (χ3n) is 9.29. The van der Waals surface area contributed by atoms with Crippen molar-refractivity contribution in [1.29, 1.82) is 0 Å². The number of fused-ring (bicyclic) bond motifs is 2. The van der Waals surface area contributed by atoms with Gasteiger partial charge in [-0.3, -0.25) is 4.79 Å². The highest BCUT2D eigenvalue weighted by atomic mass is 16.7. The number of aliphatic hydroxyl groups is 4. The minimum absolute atomic E-state index is 0.0594. The van der Waals surface area contributed by atoms with Crippen LogP contribution in [0.25, 0.3) is 0 Å². The molecule has 4 N–H and O–H groups in total. The van der Waals surface area contributed by atoms with Crippen LogP contribution in [-0.2, 0) is 14.3 Å². The molecule has 6 rings (SSSR count). The fourth-order valence-corrected chi connectivity index (χ4v) is 8.41. The molecule has 4 saturated carbocycles. The number of aliphatic hydroxyl groups excluding tert-OH is 3. The quantitative estimate of drug-likeness (QED) is 0.373. The Bertz CT molecular complexity index is 779. The van der Waals surface area contributed by atoms with Gasteiger partial charge in [-0.1, -0.05) is 20.4 Å². The van der Waals surface area contributed by atoms with Crippen molar-refractivity contribution in [2.75, 3.05) is 6.61 Å². The van der Waals surface area contributed by atoms with E-state index in [9.17, 15) is 25.2 Å². The molecule has 162 valence electrons. The second-order valence-corrected chi connectivity index (χ2v) is 10.8. The maximum atomic E-state index is 12.1. The Hall–Kier alpha value is -0.990. The zero-order valence-electron chi connectivity index (χ0n) is 17.3. The van der Waals surface area contributed by atoms with Gasteiger partial charge < -0.3 is 29.9 Å². The molecule has 2 aliphatic heterocycles. The van der Waals surface area contributed by atoms with Gasteiger partial charge in [0.05, 0.1) is 30.3 Å². The minimum Gasteiger partial charge on any atom is -0.456 e. The maximum Gasteiger partial charge on any atom is 0.303 e. The van der Waals surface area contributed by atoms with E-state index < -0.39 is 58.8 Å². The third-order valence-corrected chi connectivity index (χ3v) is 9.29. The first-order chi connectivity index (χ1) is 13.4. The van der Waals surface area contributed by atoms with Crippen LogP contribution in [-0.4, -0.2) is 63.2 Å². The summed E-state index contributed by atoms with van der Waals surface area (Å²) in [6.45, 7) is 9.52. The molecule has 2 spiro atoms. The van der Waals surface area contributed by atoms with Crippen LogP contribution in [0, 0.1) is 34.0 Å². The minimum atomic E-state index is -1.96. The topological polar surface area (TPSA) is 116 Å². The van der Waals surface area contributed by atoms with Crippen LogP contribution < -0.4 is 0 Å². The van der Waals surface area contributed by atoms with Crippen molar-refractivity contribution in [2.45, 2.75) is 76.7 Å². The van der Waals surface area contributed by atoms with Crippen LogP contribution in [0.1, 0.15) is 46.5 Å². The molecule has 0 amide bonds. The third kappa shape index (κ3) is 2.00. The summed E-state index contributed by atoms with van der Waals surface area (Å²) in [5.74, 6) is -3.64. The van der Waals surface area contributed by atoms with Crippen molar-refractivity contribution in [3.63, 3.8) is 0 Å². The van der Waals surface area contributed by atoms with Crippen LogP contribution in [0.2, 0.25) is 0 Å². The summed E-state index contributed by atoms with van der Waals surface area (Å²) in [7, 11) is 0. The first-order valence-corrected chi connectivity index (χ1v) is 10.7. The average Bonchev–Trinajstić information content (AvgIpc) is 2.82. The molecule has 0 unspecified atom stereocenters. The van der Waals surface area contributed by atoms with Crippen LogP contribution in [0.15, 0.2) is 12.2 Å². The lowest BCUT2D eigenvalue weighted by molar-refractivity contribution is -0.472. The molecular weight excluding hydrogens is 376 g/mol. The van der Waals surface area contributed by atoms with Gasteiger partial charge in [0.25, 0.3) is 0 Å². The van der Waals surface area contributed by atoms with Crippen molar-refractivity contribution < 1.29 is 34.7 Å². The normalized spacial score (nSPS) is 57.2. The Morgan fingerprint density at radius 2 is 1.93 bits per heavy atom. The Morgan fingerprint density at radius 3 is 2.59 bits per heavy atom. The van der Waals surface area contributed by atoms with E-state index in [1.54, 1.807) is 0 Å². The van der Waals surface area contributed by atoms with Crippen molar-refractivity contribution >= 4 is 5.97 Å². The van der Waals surface area contributed by atoms with Gasteiger partial charge in [0, 0.05) is 24.2 Å². The number of hydrogen-bond acceptors (Lipinski definition) is 7. The Kier molecular flexibility index (Phi) is 3.87. The molecule has 10 atom stereocenters. The molecule has 0 aromatic heterocycles. The van der Waals surface area contributed by atoms with Gasteiger partial charge in [-0.2, -0.15) is 0 Å². The zero-order chi connectivity index (χ0) is 21.1. The molecule has 2 saturated heterocycles. The maximum absolute atomic E-state index is 12.1. The smallest absolute Gasteiger partial charge is 0.303 e. The Labute approximate surface area is 170 Å². The van der Waals surface area contributed by atoms with E-state index in [0.717, 1.165) is 0 Å². The van der Waals surface area contributed by atoms with Crippen LogP contribution in [0.3, 0.4) is 0 Å². The van der Waals surface area contributed by atoms with Crippen molar-refractivity contribution in [3.05, 3.63) is 12.2 Å². The molecular formula is C22H32O7. The molecule has 2 heterocycles. The number of esters is 1. The highest BCUT2D eigenvalue weighted by Crippen LogP contribution is 2.77. The summed E-state index contributed by atoms with van der Waals surface area (Å²) in [5.41, 5.74) is -1.98. The highest BCUT2D eigenvalue weighted by molar-refractivity contribution is 5.66. The lowest BCUT2D eigenvalue weighted by Crippen LogP contribution is -2.85. The number of rotatable bonds is 1. The van der Waals surface area contributed by atoms with Crippen LogP contribution >= 0.6 is 0 Å². The van der Waals surface area contributed by atoms with Crippen LogP contribution in [0.4, 0.5) is 0 Å². The SMILES string of the molecule is C=C1[C@@H]2C[C@H](O)[C@H]3[C@@]45CO[C@](O)([C@@H](OC(C)=O)[C@@H]4C(C)(C)CC[C@@H]5O)[C@]3(C2)[C@@H]1O. The van der Waals surface area contributed by atoms with E-state index in [1.807, 2.05) is 0 Å². The summed E-state index contributed by atoms with van der Waals surface area (Å²) >= 11 is 0. The van der Waals surface area contributed by atoms with Gasteiger partial charge in [0.1, 0.15) is 0 Å². The largest absolute Gasteiger partial charge is 0.456 e. The highest BCUT2D eigenvalue weighted by Gasteiger charge is 2.86. The Morgan fingerprint density at radius 1 is 1.24 bits per heavy atom. The molecule has 4 bridgehead atoms. The number of hydrogen-bond donors (Lipinski definition) is 4. The molecule has 0 aromatic rings. The van der Waals surface area contributed by atoms with Crippen molar-refractivity contribution in [2.24, 2.45) is 34.0 Å². The zero-order valence-corrected chi connectivity index (χ0v) is 17.3. The van der Waals surface area contributed by atoms with E-state index in [2.05, 4.69) is 20.4 Å². The standard InChI is InChI=1S/C22H32O7/c1-10-12-7-13(24)15-20-9-28-22(27,21(15,8-12)17(10)26)18(29-11(2)23)16(20)19(3,4)6-5-14(20)25/h12-18,24-27H,1,5-9H2,2-4H3/t12-,13+,14+,15+,16-,17-,18+,20+,21+,22-/m1/s1. The van der Waals surface area contributed by atoms with E-state index >= 15 is 0 Å². The van der Waals surface area contributed by atoms with Gasteiger partial charge in [-0.15, -0.1) is 0 Å². The second kappa shape index (κ2) is 5.62. The lowest BCUT2D eigenvalue weighted by Gasteiger charge is -2.75. The van der Waals surface area contributed by atoms with E-state index in [1.165, 1.54) is 6.92 Å². The molecule has 7 heteroatoms. The summed E-state index contributed by atoms with van der Waals surface area (Å²) in [6, 6.07) is 0. The average molecular weight is 408 g/mol. The molecule has 6 fully saturated rings. The molecule has 0 radical (unpaired) electrons. The van der Waals surface area contributed by atoms with Gasteiger partial charge >= 0.3 is 5.97 Å².